The SMILES string of the molecule is C=C1OC(=O)C([Si](C)(C)C)=C1[Si](C)(C)C. The van der Waals surface area contributed by atoms with Gasteiger partial charge in [-0.15, -0.1) is 0 Å². The van der Waals surface area contributed by atoms with Crippen molar-refractivity contribution in [3.05, 3.63) is 22.7 Å². The molecule has 0 unspecified atom stereocenters. The van der Waals surface area contributed by atoms with Crippen molar-refractivity contribution in [1.29, 1.82) is 0 Å². The van der Waals surface area contributed by atoms with Crippen LogP contribution in [0.2, 0.25) is 39.3 Å². The molecule has 0 radical (unpaired) electrons. The minimum absolute atomic E-state index is 0.142. The summed E-state index contributed by atoms with van der Waals surface area (Å²) in [5.41, 5.74) is 0. The second-order valence-corrected chi connectivity index (χ2v) is 16.1. The molecule has 0 aromatic rings. The average Bonchev–Trinajstić information content (AvgIpc) is 2.22. The number of allylic oxidation sites excluding steroid dienone is 1. The van der Waals surface area contributed by atoms with Crippen LogP contribution in [0, 0.1) is 0 Å². The van der Waals surface area contributed by atoms with Gasteiger partial charge in [0.25, 0.3) is 0 Å². The number of rotatable bonds is 2. The Bertz CT molecular complexity index is 320. The first-order chi connectivity index (χ1) is 6.55. The van der Waals surface area contributed by atoms with Gasteiger partial charge in [0.2, 0.25) is 0 Å². The largest absolute Gasteiger partial charge is 0.424 e. The van der Waals surface area contributed by atoms with Gasteiger partial charge >= 0.3 is 5.97 Å². The minimum Gasteiger partial charge on any atom is -0.424 e. The van der Waals surface area contributed by atoms with E-state index < -0.39 is 16.1 Å². The van der Waals surface area contributed by atoms with E-state index in [0.717, 1.165) is 10.4 Å². The van der Waals surface area contributed by atoms with Crippen molar-refractivity contribution in [2.24, 2.45) is 0 Å². The molecule has 0 saturated heterocycles. The molecule has 0 aliphatic carbocycles. The van der Waals surface area contributed by atoms with E-state index in [2.05, 4.69) is 45.9 Å². The van der Waals surface area contributed by atoms with E-state index in [-0.39, 0.29) is 5.97 Å². The number of ether oxygens (including phenoxy) is 1. The molecule has 0 saturated carbocycles. The fourth-order valence-electron chi connectivity index (χ4n) is 1.93. The first-order valence-electron chi connectivity index (χ1n) is 5.22. The van der Waals surface area contributed by atoms with E-state index in [9.17, 15) is 4.79 Å². The first kappa shape index (κ1) is 12.5. The number of cyclic esters (lactones) is 1. The second-order valence-electron chi connectivity index (χ2n) is 6.06. The highest BCUT2D eigenvalue weighted by atomic mass is 28.3. The summed E-state index contributed by atoms with van der Waals surface area (Å²) < 4.78 is 5.20. The van der Waals surface area contributed by atoms with Crippen LogP contribution in [0.15, 0.2) is 22.7 Å². The van der Waals surface area contributed by atoms with Gasteiger partial charge in [-0.25, -0.2) is 4.79 Å². The maximum Gasteiger partial charge on any atom is 0.335 e. The molecule has 84 valence electrons. The van der Waals surface area contributed by atoms with Gasteiger partial charge in [0.1, 0.15) is 5.76 Å². The molecular formula is C11H20O2Si2. The standard InChI is InChI=1S/C11H20O2Si2/c1-8-9(14(2,3)4)10(11(12)13-8)15(5,6)7/h1H2,2-7H3. The Morgan fingerprint density at radius 1 is 0.933 bits per heavy atom. The molecule has 0 N–H and O–H groups in total. The average molecular weight is 240 g/mol. The van der Waals surface area contributed by atoms with Crippen molar-refractivity contribution in [3.8, 4) is 0 Å². The van der Waals surface area contributed by atoms with E-state index in [1.807, 2.05) is 0 Å². The van der Waals surface area contributed by atoms with Crippen molar-refractivity contribution in [3.63, 3.8) is 0 Å². The van der Waals surface area contributed by atoms with Crippen LogP contribution in [-0.4, -0.2) is 22.1 Å². The van der Waals surface area contributed by atoms with Gasteiger partial charge in [-0.1, -0.05) is 45.9 Å². The Morgan fingerprint density at radius 3 is 1.60 bits per heavy atom. The summed E-state index contributed by atoms with van der Waals surface area (Å²) >= 11 is 0. The molecule has 1 aliphatic rings. The van der Waals surface area contributed by atoms with Crippen LogP contribution < -0.4 is 0 Å². The molecule has 0 atom stereocenters. The van der Waals surface area contributed by atoms with Crippen LogP contribution in [0.25, 0.3) is 0 Å². The molecule has 0 aromatic carbocycles. The normalized spacial score (nSPS) is 18.5. The van der Waals surface area contributed by atoms with Gasteiger partial charge in [-0.2, -0.15) is 0 Å². The smallest absolute Gasteiger partial charge is 0.335 e. The molecule has 0 amide bonds. The highest BCUT2D eigenvalue weighted by molar-refractivity contribution is 6.93. The Balaban J connectivity index is 3.42. The molecular weight excluding hydrogens is 220 g/mol. The Labute approximate surface area is 94.0 Å². The fraction of sp³-hybridized carbons (Fsp3) is 0.545. The van der Waals surface area contributed by atoms with Gasteiger partial charge in [-0.05, 0) is 5.20 Å². The lowest BCUT2D eigenvalue weighted by Crippen LogP contribution is -2.34. The van der Waals surface area contributed by atoms with Crippen molar-refractivity contribution < 1.29 is 9.53 Å². The predicted molar refractivity (Wildman–Crippen MR) is 69.0 cm³/mol. The molecule has 0 fully saturated rings. The number of carbonyl (C=O) groups is 1. The molecule has 4 heteroatoms. The molecule has 0 spiro atoms. The quantitative estimate of drug-likeness (QED) is 0.547. The van der Waals surface area contributed by atoms with Crippen molar-refractivity contribution in [2.75, 3.05) is 0 Å². The van der Waals surface area contributed by atoms with Gasteiger partial charge < -0.3 is 4.74 Å². The van der Waals surface area contributed by atoms with E-state index in [1.54, 1.807) is 0 Å². The summed E-state index contributed by atoms with van der Waals surface area (Å²) in [5, 5.41) is 2.12. The van der Waals surface area contributed by atoms with Gasteiger partial charge in [0, 0.05) is 5.20 Å². The summed E-state index contributed by atoms with van der Waals surface area (Å²) in [6.45, 7) is 17.1. The molecule has 1 aliphatic heterocycles. The molecule has 1 heterocycles. The molecule has 0 bridgehead atoms. The Morgan fingerprint density at radius 2 is 1.33 bits per heavy atom. The summed E-state index contributed by atoms with van der Waals surface area (Å²) in [4.78, 5) is 11.8. The Kier molecular flexibility index (Phi) is 2.87. The van der Waals surface area contributed by atoms with Crippen LogP contribution in [0.3, 0.4) is 0 Å². The third-order valence-corrected chi connectivity index (χ3v) is 6.68. The zero-order valence-electron chi connectivity index (χ0n) is 10.5. The third kappa shape index (κ3) is 2.31. The lowest BCUT2D eigenvalue weighted by atomic mass is 10.5. The monoisotopic (exact) mass is 240 g/mol. The topological polar surface area (TPSA) is 26.3 Å². The zero-order valence-corrected chi connectivity index (χ0v) is 12.5. The molecule has 15 heavy (non-hydrogen) atoms. The van der Waals surface area contributed by atoms with Gasteiger partial charge in [0.15, 0.2) is 0 Å². The summed E-state index contributed by atoms with van der Waals surface area (Å²) in [5.74, 6) is 0.466. The second kappa shape index (κ2) is 3.45. The highest BCUT2D eigenvalue weighted by Crippen LogP contribution is 2.36. The number of hydrogen-bond acceptors (Lipinski definition) is 2. The van der Waals surface area contributed by atoms with Crippen molar-refractivity contribution >= 4 is 22.1 Å². The van der Waals surface area contributed by atoms with Crippen LogP contribution in [0.5, 0.6) is 0 Å². The van der Waals surface area contributed by atoms with Crippen molar-refractivity contribution in [2.45, 2.75) is 39.3 Å². The van der Waals surface area contributed by atoms with E-state index in [0.29, 0.717) is 5.76 Å². The maximum absolute atomic E-state index is 11.8. The maximum atomic E-state index is 11.8. The summed E-state index contributed by atoms with van der Waals surface area (Å²) in [7, 11) is -3.16. The van der Waals surface area contributed by atoms with E-state index >= 15 is 0 Å². The van der Waals surface area contributed by atoms with Gasteiger partial charge in [-0.3, -0.25) is 0 Å². The lowest BCUT2D eigenvalue weighted by Gasteiger charge is -2.23. The zero-order chi connectivity index (χ0) is 12.0. The van der Waals surface area contributed by atoms with E-state index in [1.165, 1.54) is 0 Å². The highest BCUT2D eigenvalue weighted by Gasteiger charge is 2.41. The van der Waals surface area contributed by atoms with Crippen LogP contribution >= 0.6 is 0 Å². The Hall–Kier alpha value is -0.616. The predicted octanol–water partition coefficient (Wildman–Crippen LogP) is 3.11. The lowest BCUT2D eigenvalue weighted by molar-refractivity contribution is -0.132. The summed E-state index contributed by atoms with van der Waals surface area (Å²) in [6.07, 6.45) is 0. The third-order valence-electron chi connectivity index (χ3n) is 2.45. The van der Waals surface area contributed by atoms with Crippen LogP contribution in [0.1, 0.15) is 0 Å². The number of hydrogen-bond donors (Lipinski definition) is 0. The van der Waals surface area contributed by atoms with Crippen molar-refractivity contribution in [1.82, 2.24) is 0 Å². The minimum atomic E-state index is -1.62. The van der Waals surface area contributed by atoms with E-state index in [4.69, 9.17) is 4.74 Å². The van der Waals surface area contributed by atoms with Crippen LogP contribution in [-0.2, 0) is 9.53 Å². The molecule has 0 aromatic heterocycles. The fourth-order valence-corrected chi connectivity index (χ4v) is 7.47. The molecule has 1 rings (SSSR count). The molecule has 2 nitrogen and oxygen atoms in total. The van der Waals surface area contributed by atoms with Crippen LogP contribution in [0.4, 0.5) is 0 Å². The number of esters is 1. The summed E-state index contributed by atoms with van der Waals surface area (Å²) in [6, 6.07) is 0. The number of carbonyl (C=O) groups excluding carboxylic acids is 1. The van der Waals surface area contributed by atoms with Gasteiger partial charge in [0.05, 0.1) is 16.1 Å². The first-order valence-corrected chi connectivity index (χ1v) is 12.2.